The normalized spacial score (nSPS) is 12.0. The molecule has 0 aliphatic heterocycles. The fourth-order valence-electron chi connectivity index (χ4n) is 3.58. The predicted octanol–water partition coefficient (Wildman–Crippen LogP) is 5.81. The number of benzene rings is 3. The van der Waals surface area contributed by atoms with Crippen LogP contribution in [-0.4, -0.2) is 30.3 Å². The summed E-state index contributed by atoms with van der Waals surface area (Å²) in [6.45, 7) is 6.66. The number of rotatable bonds is 9. The Morgan fingerprint density at radius 2 is 1.81 bits per heavy atom. The van der Waals surface area contributed by atoms with Crippen molar-refractivity contribution >= 4 is 38.2 Å². The lowest BCUT2D eigenvalue weighted by atomic mass is 10.1. The van der Waals surface area contributed by atoms with Gasteiger partial charge < -0.3 is 14.0 Å². The molecule has 1 heterocycles. The molecule has 6 heteroatoms. The summed E-state index contributed by atoms with van der Waals surface area (Å²) in [7, 11) is 0. The molecule has 4 rings (SSSR count). The fraction of sp³-hybridized carbons (Fsp3) is 0.308. The number of carbonyl (C=O) groups excluding carboxylic acids is 1. The van der Waals surface area contributed by atoms with Crippen LogP contribution in [0.1, 0.15) is 37.0 Å². The highest BCUT2D eigenvalue weighted by atomic mass is 32.1. The molecule has 166 valence electrons. The van der Waals surface area contributed by atoms with Crippen molar-refractivity contribution in [3.8, 4) is 5.75 Å². The summed E-state index contributed by atoms with van der Waals surface area (Å²) < 4.78 is 14.5. The second-order valence-corrected chi connectivity index (χ2v) is 8.49. The maximum absolute atomic E-state index is 13.0. The standard InChI is InChI=1S/C26H28N2O3S/c1-3-5-17-31-21-13-10-20(11-14-21)25(29)27-26-28(16-18-30-4-2)23-15-12-19-8-6-7-9-22(19)24(23)32-26/h6-15H,3-5,16-18H2,1-2H3. The smallest absolute Gasteiger partial charge is 0.279 e. The Kier molecular flexibility index (Phi) is 7.35. The quantitative estimate of drug-likeness (QED) is 0.304. The van der Waals surface area contributed by atoms with Crippen molar-refractivity contribution in [2.45, 2.75) is 33.2 Å². The van der Waals surface area contributed by atoms with Gasteiger partial charge in [0.15, 0.2) is 4.80 Å². The van der Waals surface area contributed by atoms with Crippen LogP contribution in [0.2, 0.25) is 0 Å². The first-order valence-corrected chi connectivity index (χ1v) is 11.9. The van der Waals surface area contributed by atoms with E-state index in [0.717, 1.165) is 28.8 Å². The molecule has 0 aliphatic carbocycles. The SMILES string of the molecule is CCCCOc1ccc(C(=O)N=c2sc3c4ccccc4ccc3n2CCOCC)cc1. The molecule has 0 N–H and O–H groups in total. The van der Waals surface area contributed by atoms with Crippen LogP contribution in [0, 0.1) is 0 Å². The number of ether oxygens (including phenoxy) is 2. The van der Waals surface area contributed by atoms with Crippen molar-refractivity contribution in [2.24, 2.45) is 4.99 Å². The van der Waals surface area contributed by atoms with Gasteiger partial charge in [0.2, 0.25) is 0 Å². The Labute approximate surface area is 191 Å². The molecule has 0 bridgehead atoms. The van der Waals surface area contributed by atoms with Gasteiger partial charge in [-0.15, -0.1) is 0 Å². The monoisotopic (exact) mass is 448 g/mol. The molecule has 0 unspecified atom stereocenters. The summed E-state index contributed by atoms with van der Waals surface area (Å²) in [6.07, 6.45) is 2.10. The van der Waals surface area contributed by atoms with Crippen LogP contribution < -0.4 is 9.54 Å². The molecule has 4 aromatic rings. The highest BCUT2D eigenvalue weighted by Crippen LogP contribution is 2.27. The summed E-state index contributed by atoms with van der Waals surface area (Å²) in [6, 6.07) is 19.7. The summed E-state index contributed by atoms with van der Waals surface area (Å²) in [5.41, 5.74) is 1.62. The number of aromatic nitrogens is 1. The Morgan fingerprint density at radius 1 is 1.00 bits per heavy atom. The molecular formula is C26H28N2O3S. The van der Waals surface area contributed by atoms with E-state index in [2.05, 4.69) is 40.7 Å². The van der Waals surface area contributed by atoms with Gasteiger partial charge in [-0.2, -0.15) is 4.99 Å². The van der Waals surface area contributed by atoms with Crippen molar-refractivity contribution in [1.82, 2.24) is 4.57 Å². The third-order valence-electron chi connectivity index (χ3n) is 5.30. The van der Waals surface area contributed by atoms with Crippen molar-refractivity contribution < 1.29 is 14.3 Å². The van der Waals surface area contributed by atoms with Gasteiger partial charge in [-0.25, -0.2) is 0 Å². The second-order valence-electron chi connectivity index (χ2n) is 7.51. The Balaban J connectivity index is 1.70. The second kappa shape index (κ2) is 10.6. The van der Waals surface area contributed by atoms with Crippen LogP contribution in [0.3, 0.4) is 0 Å². The van der Waals surface area contributed by atoms with E-state index in [9.17, 15) is 4.79 Å². The van der Waals surface area contributed by atoms with Crippen LogP contribution in [-0.2, 0) is 11.3 Å². The van der Waals surface area contributed by atoms with Crippen LogP contribution in [0.4, 0.5) is 0 Å². The van der Waals surface area contributed by atoms with Gasteiger partial charge in [0, 0.05) is 24.1 Å². The summed E-state index contributed by atoms with van der Waals surface area (Å²) in [4.78, 5) is 18.2. The van der Waals surface area contributed by atoms with Crippen molar-refractivity contribution in [3.63, 3.8) is 0 Å². The number of carbonyl (C=O) groups is 1. The van der Waals surface area contributed by atoms with Gasteiger partial charge in [0.25, 0.3) is 5.91 Å². The summed E-state index contributed by atoms with van der Waals surface area (Å²) >= 11 is 1.55. The molecule has 0 aliphatic rings. The molecule has 1 aromatic heterocycles. The van der Waals surface area contributed by atoms with Gasteiger partial charge in [-0.1, -0.05) is 55.0 Å². The van der Waals surface area contributed by atoms with E-state index in [-0.39, 0.29) is 5.91 Å². The first-order valence-electron chi connectivity index (χ1n) is 11.1. The number of unbranched alkanes of at least 4 members (excludes halogenated alkanes) is 1. The molecule has 0 radical (unpaired) electrons. The molecular weight excluding hydrogens is 420 g/mol. The molecule has 1 amide bonds. The van der Waals surface area contributed by atoms with E-state index in [1.807, 2.05) is 31.2 Å². The zero-order valence-electron chi connectivity index (χ0n) is 18.5. The first kappa shape index (κ1) is 22.2. The molecule has 0 atom stereocenters. The number of thiazole rings is 1. The Hall–Kier alpha value is -2.96. The molecule has 0 fully saturated rings. The van der Waals surface area contributed by atoms with E-state index >= 15 is 0 Å². The average Bonchev–Trinajstić information content (AvgIpc) is 3.17. The summed E-state index contributed by atoms with van der Waals surface area (Å²) in [5, 5.41) is 2.34. The average molecular weight is 449 g/mol. The van der Waals surface area contributed by atoms with Gasteiger partial charge in [-0.05, 0) is 49.1 Å². The molecule has 0 saturated carbocycles. The van der Waals surface area contributed by atoms with Crippen LogP contribution in [0.5, 0.6) is 5.75 Å². The number of hydrogen-bond donors (Lipinski definition) is 0. The van der Waals surface area contributed by atoms with Gasteiger partial charge >= 0.3 is 0 Å². The van der Waals surface area contributed by atoms with Crippen molar-refractivity contribution in [1.29, 1.82) is 0 Å². The highest BCUT2D eigenvalue weighted by Gasteiger charge is 2.12. The highest BCUT2D eigenvalue weighted by molar-refractivity contribution is 7.17. The zero-order chi connectivity index (χ0) is 22.3. The van der Waals surface area contributed by atoms with Gasteiger partial charge in [0.1, 0.15) is 5.75 Å². The third-order valence-corrected chi connectivity index (χ3v) is 6.43. The molecule has 0 spiro atoms. The number of amides is 1. The minimum Gasteiger partial charge on any atom is -0.494 e. The van der Waals surface area contributed by atoms with E-state index in [1.165, 1.54) is 10.8 Å². The zero-order valence-corrected chi connectivity index (χ0v) is 19.4. The number of hydrogen-bond acceptors (Lipinski definition) is 4. The minimum atomic E-state index is -0.258. The maximum Gasteiger partial charge on any atom is 0.279 e. The van der Waals surface area contributed by atoms with E-state index < -0.39 is 0 Å². The van der Waals surface area contributed by atoms with E-state index in [0.29, 0.717) is 36.7 Å². The lowest BCUT2D eigenvalue weighted by Crippen LogP contribution is -2.19. The number of fused-ring (bicyclic) bond motifs is 3. The van der Waals surface area contributed by atoms with Crippen LogP contribution in [0.15, 0.2) is 65.7 Å². The van der Waals surface area contributed by atoms with Crippen molar-refractivity contribution in [3.05, 3.63) is 71.0 Å². The lowest BCUT2D eigenvalue weighted by molar-refractivity contribution is 0.0996. The number of nitrogens with zero attached hydrogens (tertiary/aromatic N) is 2. The molecule has 3 aromatic carbocycles. The topological polar surface area (TPSA) is 52.8 Å². The van der Waals surface area contributed by atoms with Crippen LogP contribution in [0.25, 0.3) is 21.0 Å². The van der Waals surface area contributed by atoms with Crippen LogP contribution >= 0.6 is 11.3 Å². The largest absolute Gasteiger partial charge is 0.494 e. The fourth-order valence-corrected chi connectivity index (χ4v) is 4.77. The van der Waals surface area contributed by atoms with Crippen molar-refractivity contribution in [2.75, 3.05) is 19.8 Å². The molecule has 5 nitrogen and oxygen atoms in total. The van der Waals surface area contributed by atoms with E-state index in [1.54, 1.807) is 23.5 Å². The molecule has 32 heavy (non-hydrogen) atoms. The van der Waals surface area contributed by atoms with Gasteiger partial charge in [-0.3, -0.25) is 4.79 Å². The summed E-state index contributed by atoms with van der Waals surface area (Å²) in [5.74, 6) is 0.515. The predicted molar refractivity (Wildman–Crippen MR) is 131 cm³/mol. The van der Waals surface area contributed by atoms with E-state index in [4.69, 9.17) is 9.47 Å². The molecule has 0 saturated heterocycles. The Bertz CT molecular complexity index is 1270. The van der Waals surface area contributed by atoms with Gasteiger partial charge in [0.05, 0.1) is 23.4 Å². The first-order chi connectivity index (χ1) is 15.7. The Morgan fingerprint density at radius 3 is 2.59 bits per heavy atom. The minimum absolute atomic E-state index is 0.258. The lowest BCUT2D eigenvalue weighted by Gasteiger charge is -2.06. The third kappa shape index (κ3) is 4.92. The maximum atomic E-state index is 13.0.